The summed E-state index contributed by atoms with van der Waals surface area (Å²) in [5, 5.41) is 10.2. The number of halogens is 2. The number of phosphoric acid groups is 1. The molecule has 0 spiro atoms. The van der Waals surface area contributed by atoms with Gasteiger partial charge in [0.1, 0.15) is 5.75 Å². The van der Waals surface area contributed by atoms with Gasteiger partial charge >= 0.3 is 7.82 Å². The number of non-ortho nitro benzene ring substituents is 1. The fourth-order valence-corrected chi connectivity index (χ4v) is 1.16. The number of benzene rings is 1. The van der Waals surface area contributed by atoms with Crippen LogP contribution in [-0.2, 0) is 4.57 Å². The van der Waals surface area contributed by atoms with Gasteiger partial charge in [-0.1, -0.05) is 0 Å². The molecule has 2 N–H and O–H groups in total. The smallest absolute Gasteiger partial charge is 0.404 e. The molecule has 0 aliphatic carbocycles. The first-order valence-corrected chi connectivity index (χ1v) is 4.91. The quantitative estimate of drug-likeness (QED) is 0.500. The molecule has 0 atom stereocenters. The third-order valence-electron chi connectivity index (χ3n) is 1.27. The summed E-state index contributed by atoms with van der Waals surface area (Å²) in [7, 11) is -4.60. The van der Waals surface area contributed by atoms with Gasteiger partial charge < -0.3 is 4.52 Å². The SMILES string of the molecule is Cl.Cl.O=[N+]([O-])c1ccc(OP(=O)(O)O)cc1. The summed E-state index contributed by atoms with van der Waals surface area (Å²) in [6.45, 7) is 0. The number of nitro benzene ring substituents is 1. The molecule has 0 aromatic heterocycles. The summed E-state index contributed by atoms with van der Waals surface area (Å²) < 4.78 is 14.5. The molecule has 1 aromatic carbocycles. The van der Waals surface area contributed by atoms with Gasteiger partial charge in [0, 0.05) is 12.1 Å². The maximum absolute atomic E-state index is 10.4. The molecule has 0 fully saturated rings. The van der Waals surface area contributed by atoms with E-state index in [1.807, 2.05) is 0 Å². The number of nitro groups is 1. The Kier molecular flexibility index (Phi) is 7.32. The monoisotopic (exact) mass is 291 g/mol. The number of nitrogens with zero attached hydrogens (tertiary/aromatic N) is 1. The van der Waals surface area contributed by atoms with Crippen molar-refractivity contribution in [3.05, 3.63) is 34.4 Å². The molecule has 0 aliphatic rings. The van der Waals surface area contributed by atoms with Gasteiger partial charge in [0.15, 0.2) is 0 Å². The van der Waals surface area contributed by atoms with Gasteiger partial charge in [-0.25, -0.2) is 4.57 Å². The van der Waals surface area contributed by atoms with Crippen LogP contribution < -0.4 is 4.52 Å². The molecule has 10 heteroatoms. The molecule has 0 saturated carbocycles. The summed E-state index contributed by atoms with van der Waals surface area (Å²) in [6, 6.07) is 4.39. The number of hydrogen-bond acceptors (Lipinski definition) is 4. The van der Waals surface area contributed by atoms with Crippen molar-refractivity contribution in [3.63, 3.8) is 0 Å². The lowest BCUT2D eigenvalue weighted by Gasteiger charge is -2.05. The maximum atomic E-state index is 10.4. The van der Waals surface area contributed by atoms with Crippen LogP contribution in [0.1, 0.15) is 0 Å². The molecule has 0 aliphatic heterocycles. The molecule has 1 aromatic rings. The van der Waals surface area contributed by atoms with Crippen LogP contribution in [0.4, 0.5) is 5.69 Å². The first-order valence-electron chi connectivity index (χ1n) is 3.38. The Morgan fingerprint density at radius 2 is 1.62 bits per heavy atom. The Hall–Kier alpha value is -0.850. The zero-order valence-corrected chi connectivity index (χ0v) is 10.1. The van der Waals surface area contributed by atoms with Crippen LogP contribution in [0.3, 0.4) is 0 Å². The average Bonchev–Trinajstić information content (AvgIpc) is 2.02. The van der Waals surface area contributed by atoms with Crippen molar-refractivity contribution < 1.29 is 23.8 Å². The number of rotatable bonds is 3. The summed E-state index contributed by atoms with van der Waals surface area (Å²) in [5.41, 5.74) is -0.178. The Labute approximate surface area is 103 Å². The fraction of sp³-hybridized carbons (Fsp3) is 0. The average molecular weight is 292 g/mol. The van der Waals surface area contributed by atoms with Crippen molar-refractivity contribution in [1.82, 2.24) is 0 Å². The molecular formula is C6H8Cl2NO6P. The zero-order valence-electron chi connectivity index (χ0n) is 7.55. The van der Waals surface area contributed by atoms with Crippen molar-refractivity contribution in [1.29, 1.82) is 0 Å². The fourth-order valence-electron chi connectivity index (χ4n) is 0.766. The third kappa shape index (κ3) is 5.89. The van der Waals surface area contributed by atoms with E-state index in [9.17, 15) is 14.7 Å². The van der Waals surface area contributed by atoms with Crippen molar-refractivity contribution >= 4 is 38.3 Å². The second kappa shape index (κ2) is 6.67. The largest absolute Gasteiger partial charge is 0.524 e. The van der Waals surface area contributed by atoms with Crippen LogP contribution in [0.25, 0.3) is 0 Å². The molecule has 92 valence electrons. The van der Waals surface area contributed by atoms with E-state index in [2.05, 4.69) is 4.52 Å². The highest BCUT2D eigenvalue weighted by Crippen LogP contribution is 2.37. The Bertz CT molecular complexity index is 391. The van der Waals surface area contributed by atoms with Crippen LogP contribution in [0, 0.1) is 10.1 Å². The Balaban J connectivity index is 0. The summed E-state index contributed by atoms with van der Waals surface area (Å²) in [6.07, 6.45) is 0. The van der Waals surface area contributed by atoms with Crippen LogP contribution in [0.2, 0.25) is 0 Å². The first kappa shape index (κ1) is 17.5. The van der Waals surface area contributed by atoms with E-state index in [0.29, 0.717) is 0 Å². The minimum absolute atomic E-state index is 0. The lowest BCUT2D eigenvalue weighted by Crippen LogP contribution is -1.91. The van der Waals surface area contributed by atoms with Crippen LogP contribution in [0.5, 0.6) is 5.75 Å². The molecule has 1 rings (SSSR count). The Morgan fingerprint density at radius 1 is 1.19 bits per heavy atom. The van der Waals surface area contributed by atoms with E-state index >= 15 is 0 Å². The molecular weight excluding hydrogens is 284 g/mol. The number of hydrogen-bond donors (Lipinski definition) is 2. The van der Waals surface area contributed by atoms with Gasteiger partial charge in [-0.2, -0.15) is 0 Å². The van der Waals surface area contributed by atoms with Gasteiger partial charge in [0.25, 0.3) is 5.69 Å². The first-order chi connectivity index (χ1) is 6.38. The highest BCUT2D eigenvalue weighted by molar-refractivity contribution is 7.46. The molecule has 0 radical (unpaired) electrons. The van der Waals surface area contributed by atoms with E-state index in [0.717, 1.165) is 24.3 Å². The Morgan fingerprint density at radius 3 is 1.94 bits per heavy atom. The van der Waals surface area contributed by atoms with E-state index in [1.165, 1.54) is 0 Å². The molecule has 0 unspecified atom stereocenters. The van der Waals surface area contributed by atoms with Crippen LogP contribution in [0.15, 0.2) is 24.3 Å². The summed E-state index contributed by atoms with van der Waals surface area (Å²) >= 11 is 0. The molecule has 16 heavy (non-hydrogen) atoms. The highest BCUT2D eigenvalue weighted by Gasteiger charge is 2.16. The molecule has 0 amide bonds. The van der Waals surface area contributed by atoms with Gasteiger partial charge in [-0.15, -0.1) is 24.8 Å². The lowest BCUT2D eigenvalue weighted by atomic mass is 10.3. The second-order valence-electron chi connectivity index (χ2n) is 2.33. The normalized spacial score (nSPS) is 9.62. The van der Waals surface area contributed by atoms with Crippen LogP contribution in [-0.4, -0.2) is 14.7 Å². The molecule has 0 saturated heterocycles. The van der Waals surface area contributed by atoms with E-state index in [-0.39, 0.29) is 36.3 Å². The summed E-state index contributed by atoms with van der Waals surface area (Å²) in [4.78, 5) is 26.4. The molecule has 0 heterocycles. The van der Waals surface area contributed by atoms with Gasteiger partial charge in [-0.05, 0) is 12.1 Å². The van der Waals surface area contributed by atoms with E-state index < -0.39 is 12.7 Å². The van der Waals surface area contributed by atoms with Crippen LogP contribution >= 0.6 is 32.6 Å². The van der Waals surface area contributed by atoms with Gasteiger partial charge in [0.2, 0.25) is 0 Å². The van der Waals surface area contributed by atoms with Crippen molar-refractivity contribution in [2.24, 2.45) is 0 Å². The highest BCUT2D eigenvalue weighted by atomic mass is 35.5. The lowest BCUT2D eigenvalue weighted by molar-refractivity contribution is -0.384. The summed E-state index contributed by atoms with van der Waals surface area (Å²) in [5.74, 6) is -0.121. The van der Waals surface area contributed by atoms with Gasteiger partial charge in [0.05, 0.1) is 4.92 Å². The zero-order chi connectivity index (χ0) is 10.8. The standard InChI is InChI=1S/C6H6NO6P.2ClH/c8-7(9)5-1-3-6(4-2-5)13-14(10,11)12;;/h1-4H,(H2,10,11,12);2*1H. The van der Waals surface area contributed by atoms with Gasteiger partial charge in [-0.3, -0.25) is 19.9 Å². The van der Waals surface area contributed by atoms with E-state index in [4.69, 9.17) is 9.79 Å². The van der Waals surface area contributed by atoms with Crippen molar-refractivity contribution in [2.45, 2.75) is 0 Å². The molecule has 7 nitrogen and oxygen atoms in total. The van der Waals surface area contributed by atoms with Crippen molar-refractivity contribution in [2.75, 3.05) is 0 Å². The number of phosphoric ester groups is 1. The topological polar surface area (TPSA) is 110 Å². The predicted octanol–water partition coefficient (Wildman–Crippen LogP) is 1.91. The predicted molar refractivity (Wildman–Crippen MR) is 60.3 cm³/mol. The van der Waals surface area contributed by atoms with E-state index in [1.54, 1.807) is 0 Å². The molecule has 0 bridgehead atoms. The minimum Gasteiger partial charge on any atom is -0.404 e. The second-order valence-corrected chi connectivity index (χ2v) is 3.50. The minimum atomic E-state index is -4.60. The third-order valence-corrected chi connectivity index (χ3v) is 1.72. The van der Waals surface area contributed by atoms with Crippen molar-refractivity contribution in [3.8, 4) is 5.75 Å². The maximum Gasteiger partial charge on any atom is 0.524 e.